The average Bonchev–Trinajstić information content (AvgIpc) is 3.25. The van der Waals surface area contributed by atoms with Crippen LogP contribution in [0.15, 0.2) is 47.8 Å². The van der Waals surface area contributed by atoms with Crippen LogP contribution < -0.4 is 20.1 Å². The highest BCUT2D eigenvalue weighted by Gasteiger charge is 2.15. The van der Waals surface area contributed by atoms with Crippen LogP contribution in [0.1, 0.15) is 0 Å². The number of aromatic nitrogens is 1. The Labute approximate surface area is 146 Å². The highest BCUT2D eigenvalue weighted by atomic mass is 32.1. The first-order chi connectivity index (χ1) is 12.2. The molecule has 25 heavy (non-hydrogen) atoms. The molecule has 0 saturated heterocycles. The van der Waals surface area contributed by atoms with E-state index in [0.717, 1.165) is 5.56 Å². The predicted octanol–water partition coefficient (Wildman–Crippen LogP) is 4.32. The molecule has 1 aliphatic rings. The van der Waals surface area contributed by atoms with Crippen molar-refractivity contribution in [2.75, 3.05) is 17.4 Å². The number of nitrogens with one attached hydrogen (secondary N) is 2. The van der Waals surface area contributed by atoms with E-state index in [4.69, 9.17) is 9.47 Å². The van der Waals surface area contributed by atoms with E-state index in [-0.39, 0.29) is 12.5 Å². The molecule has 0 bridgehead atoms. The number of nitrogens with zero attached hydrogens (tertiary/aromatic N) is 1. The van der Waals surface area contributed by atoms with Crippen LogP contribution in [0.25, 0.3) is 11.3 Å². The van der Waals surface area contributed by atoms with Crippen LogP contribution in [0.4, 0.5) is 20.0 Å². The minimum Gasteiger partial charge on any atom is -0.454 e. The number of hydrogen-bond acceptors (Lipinski definition) is 5. The van der Waals surface area contributed by atoms with E-state index in [9.17, 15) is 9.18 Å². The molecule has 6 nitrogen and oxygen atoms in total. The minimum atomic E-state index is -0.559. The third-order valence-electron chi connectivity index (χ3n) is 3.52. The van der Waals surface area contributed by atoms with E-state index in [1.165, 1.54) is 23.5 Å². The number of hydrogen-bond donors (Lipinski definition) is 2. The summed E-state index contributed by atoms with van der Waals surface area (Å²) in [6.07, 6.45) is 0. The first kappa shape index (κ1) is 15.4. The number of benzene rings is 2. The number of urea groups is 1. The molecule has 0 unspecified atom stereocenters. The second-order valence-electron chi connectivity index (χ2n) is 5.16. The number of carbonyl (C=O) groups is 1. The van der Waals surface area contributed by atoms with Crippen molar-refractivity contribution in [3.63, 3.8) is 0 Å². The first-order valence-corrected chi connectivity index (χ1v) is 8.25. The molecule has 8 heteroatoms. The van der Waals surface area contributed by atoms with Crippen molar-refractivity contribution in [2.24, 2.45) is 0 Å². The first-order valence-electron chi connectivity index (χ1n) is 7.37. The second-order valence-corrected chi connectivity index (χ2v) is 6.02. The number of carbonyl (C=O) groups excluding carboxylic acids is 1. The summed E-state index contributed by atoms with van der Waals surface area (Å²) in [4.78, 5) is 16.3. The summed E-state index contributed by atoms with van der Waals surface area (Å²) >= 11 is 1.27. The molecule has 3 aromatic rings. The molecule has 0 atom stereocenters. The summed E-state index contributed by atoms with van der Waals surface area (Å²) < 4.78 is 24.2. The van der Waals surface area contributed by atoms with E-state index in [0.29, 0.717) is 22.3 Å². The Kier molecular flexibility index (Phi) is 3.95. The fraction of sp³-hybridized carbons (Fsp3) is 0.0588. The number of rotatable bonds is 3. The van der Waals surface area contributed by atoms with Gasteiger partial charge in [-0.2, -0.15) is 0 Å². The van der Waals surface area contributed by atoms with Gasteiger partial charge in [-0.05, 0) is 30.3 Å². The summed E-state index contributed by atoms with van der Waals surface area (Å²) in [6.45, 7) is 0.207. The molecular formula is C17H12FN3O3S. The Balaban J connectivity index is 1.46. The normalized spacial score (nSPS) is 12.0. The highest BCUT2D eigenvalue weighted by Crippen LogP contribution is 2.36. The van der Waals surface area contributed by atoms with Crippen LogP contribution in [0.3, 0.4) is 0 Å². The Hall–Kier alpha value is -3.13. The molecule has 0 radical (unpaired) electrons. The molecule has 1 aromatic heterocycles. The topological polar surface area (TPSA) is 72.5 Å². The second kappa shape index (κ2) is 6.40. The lowest BCUT2D eigenvalue weighted by Crippen LogP contribution is -2.19. The van der Waals surface area contributed by atoms with Crippen molar-refractivity contribution >= 4 is 28.2 Å². The predicted molar refractivity (Wildman–Crippen MR) is 92.7 cm³/mol. The maximum Gasteiger partial charge on any atom is 0.325 e. The van der Waals surface area contributed by atoms with Crippen LogP contribution in [-0.2, 0) is 0 Å². The van der Waals surface area contributed by atoms with Crippen LogP contribution in [0.2, 0.25) is 0 Å². The number of thiazole rings is 1. The van der Waals surface area contributed by atoms with Crippen molar-refractivity contribution in [3.8, 4) is 22.8 Å². The van der Waals surface area contributed by atoms with Crippen molar-refractivity contribution in [3.05, 3.63) is 53.7 Å². The SMILES string of the molecule is O=C(Nc1nc(-c2ccc3c(c2)OCO3)cs1)Nc1ccccc1F. The van der Waals surface area contributed by atoms with Gasteiger partial charge in [0.05, 0.1) is 11.4 Å². The third kappa shape index (κ3) is 3.24. The Morgan fingerprint density at radius 3 is 2.84 bits per heavy atom. The molecule has 2 N–H and O–H groups in total. The molecule has 4 rings (SSSR count). The van der Waals surface area contributed by atoms with Crippen molar-refractivity contribution in [1.82, 2.24) is 4.98 Å². The molecule has 2 aromatic carbocycles. The van der Waals surface area contributed by atoms with Gasteiger partial charge in [-0.25, -0.2) is 14.2 Å². The zero-order chi connectivity index (χ0) is 17.2. The lowest BCUT2D eigenvalue weighted by Gasteiger charge is -2.06. The molecule has 126 valence electrons. The monoisotopic (exact) mass is 357 g/mol. The molecule has 2 heterocycles. The summed E-state index contributed by atoms with van der Waals surface area (Å²) in [6, 6.07) is 10.9. The molecule has 0 spiro atoms. The molecule has 1 aliphatic heterocycles. The number of fused-ring (bicyclic) bond motifs is 1. The maximum absolute atomic E-state index is 13.5. The molecular weight excluding hydrogens is 345 g/mol. The fourth-order valence-electron chi connectivity index (χ4n) is 2.33. The Morgan fingerprint density at radius 1 is 1.12 bits per heavy atom. The van der Waals surface area contributed by atoms with E-state index >= 15 is 0 Å². The van der Waals surface area contributed by atoms with Crippen LogP contribution in [0.5, 0.6) is 11.5 Å². The highest BCUT2D eigenvalue weighted by molar-refractivity contribution is 7.14. The number of halogens is 1. The summed E-state index contributed by atoms with van der Waals surface area (Å²) in [5.41, 5.74) is 1.65. The smallest absolute Gasteiger partial charge is 0.325 e. The zero-order valence-electron chi connectivity index (χ0n) is 12.8. The summed E-state index contributed by atoms with van der Waals surface area (Å²) in [5, 5.41) is 7.26. The Morgan fingerprint density at radius 2 is 1.96 bits per heavy atom. The van der Waals surface area contributed by atoms with Gasteiger partial charge >= 0.3 is 6.03 Å². The van der Waals surface area contributed by atoms with Gasteiger partial charge in [0.15, 0.2) is 16.6 Å². The third-order valence-corrected chi connectivity index (χ3v) is 4.27. The van der Waals surface area contributed by atoms with Gasteiger partial charge in [0.25, 0.3) is 0 Å². The van der Waals surface area contributed by atoms with Gasteiger partial charge in [0.1, 0.15) is 5.82 Å². The fourth-order valence-corrected chi connectivity index (χ4v) is 3.05. The molecule has 0 aliphatic carbocycles. The van der Waals surface area contributed by atoms with Crippen LogP contribution in [-0.4, -0.2) is 17.8 Å². The molecule has 0 saturated carbocycles. The van der Waals surface area contributed by atoms with E-state index in [1.54, 1.807) is 12.1 Å². The number of anilines is 2. The quantitative estimate of drug-likeness (QED) is 0.732. The number of ether oxygens (including phenoxy) is 2. The van der Waals surface area contributed by atoms with Crippen molar-refractivity contribution in [2.45, 2.75) is 0 Å². The molecule has 2 amide bonds. The Bertz CT molecular complexity index is 944. The van der Waals surface area contributed by atoms with Crippen LogP contribution >= 0.6 is 11.3 Å². The lowest BCUT2D eigenvalue weighted by molar-refractivity contribution is 0.174. The number of amides is 2. The van der Waals surface area contributed by atoms with Crippen molar-refractivity contribution < 1.29 is 18.7 Å². The van der Waals surface area contributed by atoms with Crippen LogP contribution in [0, 0.1) is 5.82 Å². The van der Waals surface area contributed by atoms with E-state index in [2.05, 4.69) is 15.6 Å². The van der Waals surface area contributed by atoms with Gasteiger partial charge in [-0.3, -0.25) is 5.32 Å². The van der Waals surface area contributed by atoms with Gasteiger partial charge in [-0.15, -0.1) is 11.3 Å². The molecule has 0 fully saturated rings. The van der Waals surface area contributed by atoms with Crippen molar-refractivity contribution in [1.29, 1.82) is 0 Å². The minimum absolute atomic E-state index is 0.104. The summed E-state index contributed by atoms with van der Waals surface area (Å²) in [7, 11) is 0. The summed E-state index contributed by atoms with van der Waals surface area (Å²) in [5.74, 6) is 0.858. The average molecular weight is 357 g/mol. The van der Waals surface area contributed by atoms with Gasteiger partial charge in [0.2, 0.25) is 6.79 Å². The van der Waals surface area contributed by atoms with Gasteiger partial charge in [0, 0.05) is 10.9 Å². The number of para-hydroxylation sites is 1. The largest absolute Gasteiger partial charge is 0.454 e. The van der Waals surface area contributed by atoms with Gasteiger partial charge < -0.3 is 14.8 Å². The standard InChI is InChI=1S/C17H12FN3O3S/c18-11-3-1-2-4-12(11)19-16(22)21-17-20-13(8-25-17)10-5-6-14-15(7-10)24-9-23-14/h1-8H,9H2,(H2,19,20,21,22). The maximum atomic E-state index is 13.5. The zero-order valence-corrected chi connectivity index (χ0v) is 13.6. The van der Waals surface area contributed by atoms with E-state index in [1.807, 2.05) is 23.6 Å². The lowest BCUT2D eigenvalue weighted by atomic mass is 10.1. The van der Waals surface area contributed by atoms with Gasteiger partial charge in [-0.1, -0.05) is 12.1 Å². The van der Waals surface area contributed by atoms with E-state index < -0.39 is 11.8 Å².